The van der Waals surface area contributed by atoms with Crippen LogP contribution in [0, 0.1) is 6.92 Å². The zero-order chi connectivity index (χ0) is 13.9. The highest BCUT2D eigenvalue weighted by molar-refractivity contribution is 5.36. The first-order valence-corrected chi connectivity index (χ1v) is 6.44. The predicted octanol–water partition coefficient (Wildman–Crippen LogP) is 2.15. The van der Waals surface area contributed by atoms with Crippen molar-refractivity contribution in [3.05, 3.63) is 65.5 Å². The molecule has 0 aliphatic carbocycles. The number of hydrogen-bond acceptors (Lipinski definition) is 3. The molecule has 0 amide bonds. The molecule has 1 aromatic heterocycles. The lowest BCUT2D eigenvalue weighted by molar-refractivity contribution is 0.317. The third-order valence-electron chi connectivity index (χ3n) is 3.23. The highest BCUT2D eigenvalue weighted by Gasteiger charge is 2.31. The molecule has 1 unspecified atom stereocenters. The minimum Gasteiger partial charge on any atom is -0.315 e. The maximum Gasteiger partial charge on any atom is 0.0967 e. The molecule has 0 radical (unpaired) electrons. The Bertz CT molecular complexity index is 537. The molecular weight excluding hydrogens is 234 g/mol. The van der Waals surface area contributed by atoms with Crippen molar-refractivity contribution >= 4 is 0 Å². The Morgan fingerprint density at radius 3 is 2.42 bits per heavy atom. The third-order valence-corrected chi connectivity index (χ3v) is 3.23. The lowest BCUT2D eigenvalue weighted by Crippen LogP contribution is -2.47. The quantitative estimate of drug-likeness (QED) is 0.910. The van der Waals surface area contributed by atoms with Crippen molar-refractivity contribution in [3.63, 3.8) is 0 Å². The van der Waals surface area contributed by atoms with E-state index in [4.69, 9.17) is 5.73 Å². The van der Waals surface area contributed by atoms with Gasteiger partial charge in [-0.25, -0.2) is 0 Å². The standard InChI is InChI=1S/C16H21N3/c1-13-9-10-18-15(11-13)16(17,12-19(2)3)14-7-5-4-6-8-14/h4-11H,12,17H2,1-3H3. The average molecular weight is 255 g/mol. The second-order valence-electron chi connectivity index (χ2n) is 5.29. The zero-order valence-electron chi connectivity index (χ0n) is 11.8. The fourth-order valence-electron chi connectivity index (χ4n) is 2.33. The Labute approximate surface area is 115 Å². The molecule has 0 aliphatic heterocycles. The number of aromatic nitrogens is 1. The van der Waals surface area contributed by atoms with E-state index < -0.39 is 5.54 Å². The highest BCUT2D eigenvalue weighted by atomic mass is 15.1. The third kappa shape index (κ3) is 3.00. The number of hydrogen-bond donors (Lipinski definition) is 1. The predicted molar refractivity (Wildman–Crippen MR) is 78.9 cm³/mol. The molecule has 0 fully saturated rings. The van der Waals surface area contributed by atoms with E-state index in [0.29, 0.717) is 6.54 Å². The van der Waals surface area contributed by atoms with Gasteiger partial charge in [-0.05, 0) is 44.3 Å². The van der Waals surface area contributed by atoms with Crippen LogP contribution in [0.25, 0.3) is 0 Å². The molecular formula is C16H21N3. The molecule has 1 aromatic carbocycles. The van der Waals surface area contributed by atoms with Gasteiger partial charge < -0.3 is 10.6 Å². The summed E-state index contributed by atoms with van der Waals surface area (Å²) in [6.45, 7) is 2.78. The summed E-state index contributed by atoms with van der Waals surface area (Å²) in [5.41, 5.74) is 9.29. The molecule has 100 valence electrons. The Hall–Kier alpha value is -1.71. The van der Waals surface area contributed by atoms with Crippen LogP contribution in [0.5, 0.6) is 0 Å². The van der Waals surface area contributed by atoms with Crippen molar-refractivity contribution in [1.82, 2.24) is 9.88 Å². The van der Waals surface area contributed by atoms with Gasteiger partial charge in [-0.15, -0.1) is 0 Å². The van der Waals surface area contributed by atoms with E-state index in [1.54, 1.807) is 0 Å². The topological polar surface area (TPSA) is 42.1 Å². The van der Waals surface area contributed by atoms with Crippen LogP contribution in [0.15, 0.2) is 48.7 Å². The van der Waals surface area contributed by atoms with Gasteiger partial charge in [0.25, 0.3) is 0 Å². The summed E-state index contributed by atoms with van der Waals surface area (Å²) in [4.78, 5) is 6.58. The Kier molecular flexibility index (Phi) is 3.98. The fraction of sp³-hybridized carbons (Fsp3) is 0.312. The van der Waals surface area contributed by atoms with E-state index in [1.165, 1.54) is 5.56 Å². The molecule has 1 atom stereocenters. The number of rotatable bonds is 4. The minimum absolute atomic E-state index is 0.587. The summed E-state index contributed by atoms with van der Waals surface area (Å²) in [6, 6.07) is 14.2. The minimum atomic E-state index is -0.587. The summed E-state index contributed by atoms with van der Waals surface area (Å²) < 4.78 is 0. The molecule has 0 saturated carbocycles. The summed E-state index contributed by atoms with van der Waals surface area (Å²) in [5.74, 6) is 0. The van der Waals surface area contributed by atoms with E-state index >= 15 is 0 Å². The normalized spacial score (nSPS) is 14.4. The van der Waals surface area contributed by atoms with Gasteiger partial charge >= 0.3 is 0 Å². The maximum atomic E-state index is 6.71. The van der Waals surface area contributed by atoms with Gasteiger partial charge in [0.2, 0.25) is 0 Å². The largest absolute Gasteiger partial charge is 0.315 e. The number of benzene rings is 1. The number of aryl methyl sites for hydroxylation is 1. The fourth-order valence-corrected chi connectivity index (χ4v) is 2.33. The van der Waals surface area contributed by atoms with E-state index in [-0.39, 0.29) is 0 Å². The van der Waals surface area contributed by atoms with Crippen LogP contribution in [0.3, 0.4) is 0 Å². The zero-order valence-corrected chi connectivity index (χ0v) is 11.8. The van der Waals surface area contributed by atoms with Gasteiger partial charge in [-0.1, -0.05) is 30.3 Å². The van der Waals surface area contributed by atoms with Crippen LogP contribution in [0.2, 0.25) is 0 Å². The van der Waals surface area contributed by atoms with Gasteiger partial charge in [0.1, 0.15) is 0 Å². The second-order valence-corrected chi connectivity index (χ2v) is 5.29. The van der Waals surface area contributed by atoms with Gasteiger partial charge in [0.05, 0.1) is 11.2 Å². The van der Waals surface area contributed by atoms with Crippen molar-refractivity contribution in [3.8, 4) is 0 Å². The summed E-state index contributed by atoms with van der Waals surface area (Å²) >= 11 is 0. The number of nitrogens with two attached hydrogens (primary N) is 1. The van der Waals surface area contributed by atoms with Crippen LogP contribution < -0.4 is 5.73 Å². The lowest BCUT2D eigenvalue weighted by atomic mass is 9.86. The molecule has 3 nitrogen and oxygen atoms in total. The molecule has 19 heavy (non-hydrogen) atoms. The number of pyridine rings is 1. The van der Waals surface area contributed by atoms with Crippen molar-refractivity contribution in [1.29, 1.82) is 0 Å². The smallest absolute Gasteiger partial charge is 0.0967 e. The van der Waals surface area contributed by atoms with Gasteiger partial charge in [-0.3, -0.25) is 4.98 Å². The molecule has 0 bridgehead atoms. The van der Waals surface area contributed by atoms with Crippen LogP contribution >= 0.6 is 0 Å². The average Bonchev–Trinajstić information content (AvgIpc) is 2.39. The first-order valence-electron chi connectivity index (χ1n) is 6.44. The van der Waals surface area contributed by atoms with Gasteiger partial charge in [-0.2, -0.15) is 0 Å². The van der Waals surface area contributed by atoms with Crippen molar-refractivity contribution < 1.29 is 0 Å². The van der Waals surface area contributed by atoms with Gasteiger partial charge in [0, 0.05) is 12.7 Å². The molecule has 2 N–H and O–H groups in total. The monoisotopic (exact) mass is 255 g/mol. The first kappa shape index (κ1) is 13.7. The molecule has 0 saturated heterocycles. The lowest BCUT2D eigenvalue weighted by Gasteiger charge is -2.32. The van der Waals surface area contributed by atoms with Crippen LogP contribution in [-0.2, 0) is 5.54 Å². The molecule has 3 heteroatoms. The Morgan fingerprint density at radius 2 is 1.84 bits per heavy atom. The molecule has 2 rings (SSSR count). The highest BCUT2D eigenvalue weighted by Crippen LogP contribution is 2.26. The van der Waals surface area contributed by atoms with Crippen LogP contribution in [0.4, 0.5) is 0 Å². The van der Waals surface area contributed by atoms with E-state index in [9.17, 15) is 0 Å². The maximum absolute atomic E-state index is 6.71. The van der Waals surface area contributed by atoms with E-state index in [1.807, 2.05) is 44.6 Å². The first-order chi connectivity index (χ1) is 9.02. The molecule has 0 aliphatic rings. The molecule has 1 heterocycles. The number of likely N-dealkylation sites (N-methyl/N-ethyl adjacent to an activating group) is 1. The summed E-state index contributed by atoms with van der Waals surface area (Å²) in [7, 11) is 4.06. The molecule has 2 aromatic rings. The van der Waals surface area contributed by atoms with Crippen molar-refractivity contribution in [2.75, 3.05) is 20.6 Å². The van der Waals surface area contributed by atoms with Gasteiger partial charge in [0.15, 0.2) is 0 Å². The second kappa shape index (κ2) is 5.51. The van der Waals surface area contributed by atoms with E-state index in [2.05, 4.69) is 35.0 Å². The van der Waals surface area contributed by atoms with Crippen molar-refractivity contribution in [2.45, 2.75) is 12.5 Å². The Balaban J connectivity index is 2.52. The summed E-state index contributed by atoms with van der Waals surface area (Å²) in [5, 5.41) is 0. The van der Waals surface area contributed by atoms with Crippen LogP contribution in [0.1, 0.15) is 16.8 Å². The van der Waals surface area contributed by atoms with Crippen LogP contribution in [-0.4, -0.2) is 30.5 Å². The van der Waals surface area contributed by atoms with E-state index in [0.717, 1.165) is 11.3 Å². The summed E-state index contributed by atoms with van der Waals surface area (Å²) in [6.07, 6.45) is 1.82. The SMILES string of the molecule is Cc1ccnc(C(N)(CN(C)C)c2ccccc2)c1. The number of nitrogens with zero attached hydrogens (tertiary/aromatic N) is 2. The van der Waals surface area contributed by atoms with Crippen molar-refractivity contribution in [2.24, 2.45) is 5.73 Å². The molecule has 0 spiro atoms. The Morgan fingerprint density at radius 1 is 1.16 bits per heavy atom.